The summed E-state index contributed by atoms with van der Waals surface area (Å²) in [6.07, 6.45) is -0.748. The molecule has 0 amide bonds. The van der Waals surface area contributed by atoms with E-state index < -0.39 is 47.9 Å². The topological polar surface area (TPSA) is 89.9 Å². The van der Waals surface area contributed by atoms with Crippen molar-refractivity contribution in [1.82, 2.24) is 0 Å². The third-order valence-electron chi connectivity index (χ3n) is 5.29. The zero-order valence-electron chi connectivity index (χ0n) is 12.4. The maximum Gasteiger partial charge on any atom is 0.339 e. The molecule has 0 spiro atoms. The monoisotopic (exact) mass is 536 g/mol. The smallest absolute Gasteiger partial charge is 0.339 e. The van der Waals surface area contributed by atoms with Crippen molar-refractivity contribution in [2.75, 3.05) is 0 Å². The number of benzene rings is 1. The predicted molar refractivity (Wildman–Crippen MR) is 94.8 cm³/mol. The van der Waals surface area contributed by atoms with E-state index in [4.69, 9.17) is 9.47 Å². The number of rotatable bonds is 3. The molecule has 3 fully saturated rings. The van der Waals surface area contributed by atoms with Crippen LogP contribution in [0.3, 0.4) is 0 Å². The number of carboxylic acids is 1. The fourth-order valence-corrected chi connectivity index (χ4v) is 5.99. The molecule has 1 heterocycles. The fourth-order valence-electron chi connectivity index (χ4n) is 4.38. The second-order valence-electron chi connectivity index (χ2n) is 6.47. The van der Waals surface area contributed by atoms with Crippen LogP contribution in [-0.4, -0.2) is 35.2 Å². The quantitative estimate of drug-likeness (QED) is 0.469. The summed E-state index contributed by atoms with van der Waals surface area (Å²) in [6.45, 7) is 0. The Labute approximate surface area is 167 Å². The number of halogens is 3. The van der Waals surface area contributed by atoms with Gasteiger partial charge >= 0.3 is 17.9 Å². The Bertz CT molecular complexity index is 809. The van der Waals surface area contributed by atoms with Crippen molar-refractivity contribution < 1.29 is 29.0 Å². The van der Waals surface area contributed by atoms with Crippen LogP contribution < -0.4 is 0 Å². The number of esters is 2. The number of carbonyl (C=O) groups is 3. The molecule has 6 atom stereocenters. The van der Waals surface area contributed by atoms with Gasteiger partial charge < -0.3 is 14.6 Å². The lowest BCUT2D eigenvalue weighted by Gasteiger charge is -2.29. The van der Waals surface area contributed by atoms with Gasteiger partial charge in [-0.3, -0.25) is 9.59 Å². The van der Waals surface area contributed by atoms with E-state index in [1.54, 1.807) is 12.1 Å². The fraction of sp³-hybridized carbons (Fsp3) is 0.438. The minimum absolute atomic E-state index is 0.186. The summed E-state index contributed by atoms with van der Waals surface area (Å²) in [5, 5.41) is 9.49. The number of ether oxygens (including phenoxy) is 2. The van der Waals surface area contributed by atoms with Gasteiger partial charge in [0.2, 0.25) is 0 Å². The van der Waals surface area contributed by atoms with Crippen molar-refractivity contribution in [3.05, 3.63) is 31.1 Å². The van der Waals surface area contributed by atoms with E-state index in [2.05, 4.69) is 47.8 Å². The van der Waals surface area contributed by atoms with Crippen molar-refractivity contribution in [3.8, 4) is 0 Å². The molecule has 3 aliphatic rings. The van der Waals surface area contributed by atoms with E-state index in [-0.39, 0.29) is 5.92 Å². The van der Waals surface area contributed by atoms with Crippen LogP contribution in [0.15, 0.2) is 25.6 Å². The van der Waals surface area contributed by atoms with Gasteiger partial charge in [0.25, 0.3) is 0 Å². The van der Waals surface area contributed by atoms with Crippen LogP contribution in [0, 0.1) is 23.7 Å². The summed E-state index contributed by atoms with van der Waals surface area (Å²) < 4.78 is 12.9. The van der Waals surface area contributed by atoms with Crippen LogP contribution in [0.5, 0.6) is 0 Å². The highest BCUT2D eigenvalue weighted by Crippen LogP contribution is 2.58. The first-order chi connectivity index (χ1) is 11.8. The van der Waals surface area contributed by atoms with Crippen LogP contribution in [0.4, 0.5) is 0 Å². The first-order valence-corrected chi connectivity index (χ1v) is 9.96. The van der Waals surface area contributed by atoms with E-state index in [1.165, 1.54) is 0 Å². The lowest BCUT2D eigenvalue weighted by Crippen LogP contribution is -2.43. The summed E-state index contributed by atoms with van der Waals surface area (Å²) >= 11 is 10.0. The highest BCUT2D eigenvalue weighted by atomic mass is 79.9. The van der Waals surface area contributed by atoms with Gasteiger partial charge in [0.05, 0.1) is 17.4 Å². The SMILES string of the molecule is O=C(OC1C2CC3C1OC(=O)C3C2C(=O)O)c1cc(Br)cc(Br)c1Br. The third kappa shape index (κ3) is 2.57. The van der Waals surface area contributed by atoms with Crippen LogP contribution in [0.25, 0.3) is 0 Å². The minimum atomic E-state index is -1.04. The molecule has 1 N–H and O–H groups in total. The second kappa shape index (κ2) is 6.06. The van der Waals surface area contributed by atoms with Crippen molar-refractivity contribution in [1.29, 1.82) is 0 Å². The van der Waals surface area contributed by atoms with Gasteiger partial charge in [-0.25, -0.2) is 4.79 Å². The van der Waals surface area contributed by atoms with E-state index >= 15 is 0 Å². The molecule has 0 radical (unpaired) electrons. The number of fused-ring (bicyclic) bond motifs is 1. The average Bonchev–Trinajstić information content (AvgIpc) is 3.13. The maximum atomic E-state index is 12.7. The van der Waals surface area contributed by atoms with Gasteiger partial charge in [0.15, 0.2) is 0 Å². The number of hydrogen-bond donors (Lipinski definition) is 1. The first kappa shape index (κ1) is 17.5. The minimum Gasteiger partial charge on any atom is -0.481 e. The average molecular weight is 539 g/mol. The molecule has 0 aromatic heterocycles. The summed E-state index contributed by atoms with van der Waals surface area (Å²) in [4.78, 5) is 36.3. The standard InChI is InChI=1S/C16H11Br3O6/c17-4-1-7(11(19)8(18)2-4)15(22)24-12-5-3-6-10(9(5)14(20)21)16(23)25-13(6)12/h1-2,5-6,9-10,12-13H,3H2,(H,20,21). The molecular weight excluding hydrogens is 528 g/mol. The number of hydrogen-bond acceptors (Lipinski definition) is 5. The number of aliphatic carboxylic acids is 1. The highest BCUT2D eigenvalue weighted by molar-refractivity contribution is 9.13. The predicted octanol–water partition coefficient (Wildman–Crippen LogP) is 3.39. The van der Waals surface area contributed by atoms with Crippen LogP contribution in [0.1, 0.15) is 16.8 Å². The van der Waals surface area contributed by atoms with E-state index in [0.29, 0.717) is 25.4 Å². The summed E-state index contributed by atoms with van der Waals surface area (Å²) in [5.41, 5.74) is 0.303. The first-order valence-electron chi connectivity index (χ1n) is 7.58. The van der Waals surface area contributed by atoms with Gasteiger partial charge in [-0.15, -0.1) is 0 Å². The molecule has 25 heavy (non-hydrogen) atoms. The molecule has 4 rings (SSSR count). The molecule has 2 aliphatic carbocycles. The van der Waals surface area contributed by atoms with Crippen LogP contribution in [0.2, 0.25) is 0 Å². The zero-order chi connectivity index (χ0) is 18.0. The lowest BCUT2D eigenvalue weighted by molar-refractivity contribution is -0.151. The molecule has 6 nitrogen and oxygen atoms in total. The Kier molecular flexibility index (Phi) is 4.24. The Morgan fingerprint density at radius 3 is 2.60 bits per heavy atom. The van der Waals surface area contributed by atoms with Gasteiger partial charge in [-0.1, -0.05) is 15.9 Å². The zero-order valence-corrected chi connectivity index (χ0v) is 17.2. The molecule has 2 bridgehead atoms. The van der Waals surface area contributed by atoms with E-state index in [9.17, 15) is 19.5 Å². The second-order valence-corrected chi connectivity index (χ2v) is 9.04. The van der Waals surface area contributed by atoms with E-state index in [0.717, 1.165) is 0 Å². The number of carbonyl (C=O) groups excluding carboxylic acids is 2. The van der Waals surface area contributed by atoms with Crippen molar-refractivity contribution in [3.63, 3.8) is 0 Å². The third-order valence-corrected chi connectivity index (χ3v) is 7.76. The molecule has 6 unspecified atom stereocenters. The summed E-state index contributed by atoms with van der Waals surface area (Å²) in [5.74, 6) is -4.18. The Balaban J connectivity index is 1.63. The van der Waals surface area contributed by atoms with Crippen LogP contribution >= 0.6 is 47.8 Å². The Morgan fingerprint density at radius 1 is 1.20 bits per heavy atom. The molecule has 1 aromatic carbocycles. The molecule has 2 saturated carbocycles. The summed E-state index contributed by atoms with van der Waals surface area (Å²) in [6, 6.07) is 3.39. The van der Waals surface area contributed by atoms with Gasteiger partial charge in [0.1, 0.15) is 12.2 Å². The van der Waals surface area contributed by atoms with Gasteiger partial charge in [-0.2, -0.15) is 0 Å². The van der Waals surface area contributed by atoms with Gasteiger partial charge in [0, 0.05) is 25.3 Å². The largest absolute Gasteiger partial charge is 0.481 e. The Hall–Kier alpha value is -0.930. The lowest BCUT2D eigenvalue weighted by atomic mass is 9.78. The van der Waals surface area contributed by atoms with Crippen molar-refractivity contribution in [2.24, 2.45) is 23.7 Å². The molecule has 132 valence electrons. The molecule has 9 heteroatoms. The molecule has 1 saturated heterocycles. The van der Waals surface area contributed by atoms with Crippen molar-refractivity contribution >= 4 is 65.7 Å². The molecular formula is C16H11Br3O6. The normalized spacial score (nSPS) is 34.9. The van der Waals surface area contributed by atoms with Crippen LogP contribution in [-0.2, 0) is 19.1 Å². The Morgan fingerprint density at radius 2 is 1.92 bits per heavy atom. The van der Waals surface area contributed by atoms with Crippen molar-refractivity contribution in [2.45, 2.75) is 18.6 Å². The van der Waals surface area contributed by atoms with Gasteiger partial charge in [-0.05, 0) is 50.4 Å². The molecule has 1 aliphatic heterocycles. The highest BCUT2D eigenvalue weighted by Gasteiger charge is 2.70. The van der Waals surface area contributed by atoms with E-state index in [1.807, 2.05) is 0 Å². The number of carboxylic acid groups (broad SMARTS) is 1. The maximum absolute atomic E-state index is 12.7. The summed E-state index contributed by atoms with van der Waals surface area (Å²) in [7, 11) is 0. The molecule has 1 aromatic rings.